The molecule has 11 heteroatoms. The van der Waals surface area contributed by atoms with Gasteiger partial charge in [0.15, 0.2) is 0 Å². The summed E-state index contributed by atoms with van der Waals surface area (Å²) in [6.45, 7) is 2.02. The molecule has 0 saturated heterocycles. The first-order valence-electron chi connectivity index (χ1n) is 9.55. The summed E-state index contributed by atoms with van der Waals surface area (Å²) in [5.74, 6) is 1.48. The number of aromatic nitrogens is 2. The molecule has 3 aromatic rings. The predicted molar refractivity (Wildman–Crippen MR) is 130 cm³/mol. The zero-order valence-corrected chi connectivity index (χ0v) is 20.2. The maximum atomic E-state index is 12.7. The number of nitrogens with one attached hydrogen (secondary N) is 2. The van der Waals surface area contributed by atoms with Gasteiger partial charge in [-0.2, -0.15) is 9.36 Å². The number of ether oxygens (including phenoxy) is 2. The van der Waals surface area contributed by atoms with Crippen LogP contribution in [0.1, 0.15) is 17.3 Å². The van der Waals surface area contributed by atoms with Gasteiger partial charge in [-0.3, -0.25) is 14.9 Å². The van der Waals surface area contributed by atoms with Crippen LogP contribution in [0, 0.1) is 0 Å². The standard InChI is InChI=1S/C21H22N4O4S3/c1-4-30-21-24-20(32-25-21)23-17(26)12-31-14-10-8-13(9-11-14)22-19(27)18-15(28-2)6-5-7-16(18)29-3/h5-11H,4,12H2,1-3H3,(H,22,27)(H,23,24,25,26). The van der Waals surface area contributed by atoms with Gasteiger partial charge in [0.2, 0.25) is 16.2 Å². The van der Waals surface area contributed by atoms with E-state index in [1.807, 2.05) is 19.1 Å². The molecule has 0 saturated carbocycles. The Morgan fingerprint density at radius 1 is 1.00 bits per heavy atom. The average molecular weight is 491 g/mol. The minimum absolute atomic E-state index is 0.153. The molecule has 0 aliphatic heterocycles. The molecule has 3 rings (SSSR count). The van der Waals surface area contributed by atoms with E-state index >= 15 is 0 Å². The van der Waals surface area contributed by atoms with Gasteiger partial charge in [0.25, 0.3) is 5.91 Å². The average Bonchev–Trinajstić information content (AvgIpc) is 3.24. The summed E-state index contributed by atoms with van der Waals surface area (Å²) in [4.78, 5) is 30.1. The van der Waals surface area contributed by atoms with Gasteiger partial charge < -0.3 is 14.8 Å². The molecule has 0 aliphatic carbocycles. The van der Waals surface area contributed by atoms with Crippen LogP contribution in [-0.2, 0) is 4.79 Å². The topological polar surface area (TPSA) is 102 Å². The molecule has 0 unspecified atom stereocenters. The third-order valence-corrected chi connectivity index (χ3v) is 6.55. The number of carbonyl (C=O) groups is 2. The van der Waals surface area contributed by atoms with Crippen molar-refractivity contribution in [2.24, 2.45) is 0 Å². The Balaban J connectivity index is 1.55. The SMILES string of the molecule is CCSc1nsc(NC(=O)CSc2ccc(NC(=O)c3c(OC)cccc3OC)cc2)n1. The summed E-state index contributed by atoms with van der Waals surface area (Å²) in [5.41, 5.74) is 0.941. The van der Waals surface area contributed by atoms with Crippen LogP contribution in [0.2, 0.25) is 0 Å². The van der Waals surface area contributed by atoms with Crippen LogP contribution in [0.4, 0.5) is 10.8 Å². The molecule has 2 N–H and O–H groups in total. The Hall–Kier alpha value is -2.76. The number of anilines is 2. The quantitative estimate of drug-likeness (QED) is 0.396. The van der Waals surface area contributed by atoms with E-state index in [1.54, 1.807) is 30.3 Å². The van der Waals surface area contributed by atoms with Crippen molar-refractivity contribution >= 4 is 57.7 Å². The zero-order valence-electron chi connectivity index (χ0n) is 17.7. The number of nitrogens with zero attached hydrogens (tertiary/aromatic N) is 2. The fourth-order valence-corrected chi connectivity index (χ4v) is 4.64. The van der Waals surface area contributed by atoms with E-state index in [0.29, 0.717) is 33.0 Å². The van der Waals surface area contributed by atoms with E-state index < -0.39 is 0 Å². The second kappa shape index (κ2) is 11.7. The van der Waals surface area contributed by atoms with Gasteiger partial charge in [0.1, 0.15) is 17.1 Å². The zero-order chi connectivity index (χ0) is 22.9. The summed E-state index contributed by atoms with van der Waals surface area (Å²) in [7, 11) is 3.00. The second-order valence-corrected chi connectivity index (χ2v) is 9.20. The lowest BCUT2D eigenvalue weighted by atomic mass is 10.1. The maximum absolute atomic E-state index is 12.7. The van der Waals surface area contributed by atoms with Gasteiger partial charge in [0.05, 0.1) is 20.0 Å². The maximum Gasteiger partial charge on any atom is 0.263 e. The normalized spacial score (nSPS) is 10.5. The first kappa shape index (κ1) is 23.9. The molecule has 0 atom stereocenters. The van der Waals surface area contributed by atoms with Gasteiger partial charge in [-0.15, -0.1) is 11.8 Å². The lowest BCUT2D eigenvalue weighted by Gasteiger charge is -2.13. The molecule has 8 nitrogen and oxygen atoms in total. The van der Waals surface area contributed by atoms with Gasteiger partial charge in [0, 0.05) is 22.1 Å². The molecule has 0 bridgehead atoms. The summed E-state index contributed by atoms with van der Waals surface area (Å²) in [6, 6.07) is 12.4. The number of carbonyl (C=O) groups excluding carboxylic acids is 2. The highest BCUT2D eigenvalue weighted by molar-refractivity contribution is 8.00. The molecule has 0 fully saturated rings. The van der Waals surface area contributed by atoms with Crippen LogP contribution in [0.5, 0.6) is 11.5 Å². The van der Waals surface area contributed by atoms with Crippen molar-refractivity contribution in [3.05, 3.63) is 48.0 Å². The molecule has 168 valence electrons. The van der Waals surface area contributed by atoms with Crippen LogP contribution in [0.25, 0.3) is 0 Å². The fraction of sp³-hybridized carbons (Fsp3) is 0.238. The van der Waals surface area contributed by atoms with Crippen molar-refractivity contribution in [2.45, 2.75) is 17.0 Å². The van der Waals surface area contributed by atoms with Crippen LogP contribution in [0.15, 0.2) is 52.5 Å². The minimum Gasteiger partial charge on any atom is -0.496 e. The van der Waals surface area contributed by atoms with Gasteiger partial charge in [-0.25, -0.2) is 0 Å². The molecular formula is C21H22N4O4S3. The molecular weight excluding hydrogens is 468 g/mol. The molecule has 1 aromatic heterocycles. The Bertz CT molecular complexity index is 1050. The number of amides is 2. The van der Waals surface area contributed by atoms with Gasteiger partial charge in [-0.05, 0) is 42.2 Å². The fourth-order valence-electron chi connectivity index (χ4n) is 2.66. The van der Waals surface area contributed by atoms with Crippen molar-refractivity contribution in [3.8, 4) is 11.5 Å². The van der Waals surface area contributed by atoms with Gasteiger partial charge >= 0.3 is 0 Å². The lowest BCUT2D eigenvalue weighted by Crippen LogP contribution is -2.14. The van der Waals surface area contributed by atoms with Gasteiger partial charge in [-0.1, -0.05) is 24.8 Å². The third-order valence-electron chi connectivity index (χ3n) is 4.06. The lowest BCUT2D eigenvalue weighted by molar-refractivity contribution is -0.113. The second-order valence-electron chi connectivity index (χ2n) is 6.17. The summed E-state index contributed by atoms with van der Waals surface area (Å²) < 4.78 is 14.7. The van der Waals surface area contributed by atoms with Crippen LogP contribution in [0.3, 0.4) is 0 Å². The van der Waals surface area contributed by atoms with Crippen LogP contribution < -0.4 is 20.1 Å². The summed E-state index contributed by atoms with van der Waals surface area (Å²) >= 11 is 4.09. The summed E-state index contributed by atoms with van der Waals surface area (Å²) in [5, 5.41) is 6.77. The molecule has 2 aromatic carbocycles. The number of methoxy groups -OCH3 is 2. The van der Waals surface area contributed by atoms with E-state index in [9.17, 15) is 9.59 Å². The number of benzene rings is 2. The minimum atomic E-state index is -0.336. The van der Waals surface area contributed by atoms with E-state index in [0.717, 1.165) is 10.6 Å². The van der Waals surface area contributed by atoms with Crippen molar-refractivity contribution in [1.29, 1.82) is 0 Å². The van der Waals surface area contributed by atoms with Crippen molar-refractivity contribution in [1.82, 2.24) is 9.36 Å². The Morgan fingerprint density at radius 2 is 1.69 bits per heavy atom. The highest BCUT2D eigenvalue weighted by Crippen LogP contribution is 2.29. The molecule has 32 heavy (non-hydrogen) atoms. The van der Waals surface area contributed by atoms with Crippen LogP contribution in [-0.4, -0.2) is 46.9 Å². The van der Waals surface area contributed by atoms with Crippen molar-refractivity contribution in [2.75, 3.05) is 36.4 Å². The molecule has 0 spiro atoms. The smallest absolute Gasteiger partial charge is 0.263 e. The van der Waals surface area contributed by atoms with Crippen LogP contribution >= 0.6 is 35.1 Å². The summed E-state index contributed by atoms with van der Waals surface area (Å²) in [6.07, 6.45) is 0. The molecule has 2 amide bonds. The Morgan fingerprint density at radius 3 is 2.31 bits per heavy atom. The number of hydrogen-bond donors (Lipinski definition) is 2. The third kappa shape index (κ3) is 6.38. The van der Waals surface area contributed by atoms with Crippen molar-refractivity contribution < 1.29 is 19.1 Å². The molecule has 0 radical (unpaired) electrons. The predicted octanol–water partition coefficient (Wildman–Crippen LogP) is 4.65. The Labute approximate surface area is 198 Å². The van der Waals surface area contributed by atoms with E-state index in [4.69, 9.17) is 9.47 Å². The first-order valence-corrected chi connectivity index (χ1v) is 12.3. The monoisotopic (exact) mass is 490 g/mol. The highest BCUT2D eigenvalue weighted by atomic mass is 32.2. The van der Waals surface area contributed by atoms with E-state index in [1.165, 1.54) is 49.3 Å². The molecule has 0 aliphatic rings. The number of rotatable bonds is 10. The molecule has 1 heterocycles. The first-order chi connectivity index (χ1) is 15.5. The Kier molecular flexibility index (Phi) is 8.77. The van der Waals surface area contributed by atoms with E-state index in [2.05, 4.69) is 20.0 Å². The number of hydrogen-bond acceptors (Lipinski definition) is 9. The van der Waals surface area contributed by atoms with Crippen molar-refractivity contribution in [3.63, 3.8) is 0 Å². The van der Waals surface area contributed by atoms with E-state index in [-0.39, 0.29) is 17.6 Å². The number of thioether (sulfide) groups is 2. The highest BCUT2D eigenvalue weighted by Gasteiger charge is 2.18. The largest absolute Gasteiger partial charge is 0.496 e.